The zero-order valence-electron chi connectivity index (χ0n) is 80.4. The predicted octanol–water partition coefficient (Wildman–Crippen LogP) is 26.4. The molecule has 0 radical (unpaired) electrons. The zero-order chi connectivity index (χ0) is 89.5. The molecule has 0 amide bonds. The van der Waals surface area contributed by atoms with Crippen LogP contribution in [0.25, 0.3) is 0 Å². The molecule has 10 aromatic rings. The van der Waals surface area contributed by atoms with Gasteiger partial charge in [-0.15, -0.1) is 0 Å². The minimum atomic E-state index is -2.22. The van der Waals surface area contributed by atoms with Crippen LogP contribution in [0.5, 0.6) is 0 Å². The van der Waals surface area contributed by atoms with Crippen molar-refractivity contribution in [1.82, 2.24) is 19.9 Å². The van der Waals surface area contributed by atoms with Gasteiger partial charge in [0, 0.05) is 104 Å². The van der Waals surface area contributed by atoms with Gasteiger partial charge in [-0.2, -0.15) is 0 Å². The molecule has 8 aromatic carbocycles. The molecule has 16 rings (SSSR count). The second kappa shape index (κ2) is 34.6. The van der Waals surface area contributed by atoms with Crippen LogP contribution in [-0.2, 0) is 10.8 Å². The molecule has 0 spiro atoms. The molecule has 0 aliphatic carbocycles. The van der Waals surface area contributed by atoms with Crippen LogP contribution in [0.4, 0.5) is 85.7 Å². The molecule has 0 saturated heterocycles. The van der Waals surface area contributed by atoms with Crippen LogP contribution in [0.1, 0.15) is 223 Å². The van der Waals surface area contributed by atoms with Crippen molar-refractivity contribution in [3.63, 3.8) is 0 Å². The van der Waals surface area contributed by atoms with Crippen molar-refractivity contribution in [3.8, 4) is 0 Å². The average molecular weight is 1600 g/mol. The maximum atomic E-state index is 7.65. The third-order valence-electron chi connectivity index (χ3n) is 23.0. The highest BCUT2D eigenvalue weighted by Crippen LogP contribution is 2.53. The number of rotatable bonds is 5. The van der Waals surface area contributed by atoms with Crippen molar-refractivity contribution < 1.29 is 4.11 Å². The molecule has 8 heterocycles. The highest BCUT2D eigenvalue weighted by molar-refractivity contribution is 5.88. The largest absolute Gasteiger partial charge is 0.351 e. The Morgan fingerprint density at radius 2 is 0.571 bits per heavy atom. The van der Waals surface area contributed by atoms with E-state index in [9.17, 15) is 0 Å². The molecule has 0 N–H and O–H groups in total. The smallest absolute Gasteiger partial charge is 0.174 e. The monoisotopic (exact) mass is 1600 g/mol. The minimum Gasteiger partial charge on any atom is -0.351 e. The first-order valence-electron chi connectivity index (χ1n) is 44.4. The molecule has 2 aromatic heterocycles. The molecule has 15 nitrogen and oxygen atoms in total. The van der Waals surface area contributed by atoms with Gasteiger partial charge in [0.05, 0.1) is 39.8 Å². The van der Waals surface area contributed by atoms with E-state index in [2.05, 4.69) is 469 Å². The molecule has 6 unspecified atom stereocenters. The van der Waals surface area contributed by atoms with Crippen molar-refractivity contribution >= 4 is 85.7 Å². The summed E-state index contributed by atoms with van der Waals surface area (Å²) < 4.78 is 22.9. The summed E-state index contributed by atoms with van der Waals surface area (Å²) in [5, 5.41) is 0. The van der Waals surface area contributed by atoms with Crippen LogP contribution in [0.3, 0.4) is 0 Å². The number of aromatic nitrogens is 3. The van der Waals surface area contributed by atoms with Gasteiger partial charge in [-0.3, -0.25) is 0 Å². The van der Waals surface area contributed by atoms with Gasteiger partial charge in [-0.05, 0) is 297 Å². The van der Waals surface area contributed by atoms with Gasteiger partial charge in [-0.25, -0.2) is 15.0 Å². The summed E-state index contributed by atoms with van der Waals surface area (Å²) in [7, 11) is 0. The summed E-state index contributed by atoms with van der Waals surface area (Å²) >= 11 is 0. The van der Waals surface area contributed by atoms with Crippen LogP contribution >= 0.6 is 0 Å². The van der Waals surface area contributed by atoms with Crippen LogP contribution < -0.4 is 53.9 Å². The molecule has 6 atom stereocenters. The lowest BCUT2D eigenvalue weighted by atomic mass is 9.86. The van der Waals surface area contributed by atoms with Gasteiger partial charge in [-0.1, -0.05) is 157 Å². The Bertz CT molecular complexity index is 4970. The first kappa shape index (κ1) is 84.8. The molecule has 6 aliphatic heterocycles. The molecule has 0 saturated carbocycles. The zero-order valence-corrected chi connectivity index (χ0v) is 77.4. The van der Waals surface area contributed by atoms with Crippen LogP contribution in [-0.4, -0.2) is 97.1 Å². The first-order chi connectivity index (χ1) is 56.8. The summed E-state index contributed by atoms with van der Waals surface area (Å²) in [5.74, 6) is 2.11. The molecule has 0 bridgehead atoms. The lowest BCUT2D eigenvalue weighted by Crippen LogP contribution is -2.49. The van der Waals surface area contributed by atoms with Crippen molar-refractivity contribution in [2.24, 2.45) is 0 Å². The Balaban J connectivity index is 0.000000144. The van der Waals surface area contributed by atoms with Crippen molar-refractivity contribution in [3.05, 3.63) is 267 Å². The fourth-order valence-corrected chi connectivity index (χ4v) is 18.1. The van der Waals surface area contributed by atoms with E-state index in [-0.39, 0.29) is 68.7 Å². The number of pyridine rings is 1. The molecule has 119 heavy (non-hydrogen) atoms. The fourth-order valence-electron chi connectivity index (χ4n) is 18.1. The van der Waals surface area contributed by atoms with E-state index < -0.39 is 6.98 Å². The summed E-state index contributed by atoms with van der Waals surface area (Å²) in [5.41, 5.74) is 18.6. The van der Waals surface area contributed by atoms with Crippen molar-refractivity contribution in [2.75, 3.05) is 60.9 Å². The maximum absolute atomic E-state index is 7.65. The van der Waals surface area contributed by atoms with E-state index in [0.717, 1.165) is 5.82 Å². The number of para-hydroxylation sites is 7. The van der Waals surface area contributed by atoms with E-state index in [1.807, 2.05) is 50.9 Å². The van der Waals surface area contributed by atoms with Gasteiger partial charge in [0.1, 0.15) is 37.0 Å². The molecule has 632 valence electrons. The van der Waals surface area contributed by atoms with Crippen LogP contribution in [0.2, 0.25) is 0 Å². The number of nitrogens with zero attached hydrogens (tertiary/aromatic N) is 15. The standard InChI is InChI=1S/2C22H30N2.C18H22N2.C17H21N3.C14H20N2.C11H18N4/c1-16-23(18-11-9-8-10-12-18)20-15-17(21(2,3)4)13-14-19(20)24(16)22(5,6)7;1-16-23(18-11-9-8-10-12-18)19-14-13-17(21(2,3)4)15-20(19)24(16)22(5,6)7;1-14-19(15-10-6-5-7-11-15)16-12-8-9-13-17(16)20(14)18(2,3)4;1-13-19(14-9-6-5-7-10-14)16-15(11-8-12-18-16)20(13)17(2,3)4;1-12-15(13-8-6-5-7-9-13)10-11-16(12)14(2,3)4;1-8-14(5)9-10(13-7-6-12-9)15(8)11(2,3)4/h2*8-16H,1-7H3;5-14H,1-4H3;5-13H,1-4H3;5-12H,1-4H3;6-8H,1-5H3/i;;;;;5D3. The summed E-state index contributed by atoms with van der Waals surface area (Å²) in [4.78, 5) is 40.7. The topological polar surface area (TPSA) is 77.6 Å². The van der Waals surface area contributed by atoms with Crippen molar-refractivity contribution in [1.29, 1.82) is 0 Å². The average Bonchev–Trinajstić information content (AvgIpc) is 1.60. The number of benzene rings is 8. The lowest BCUT2D eigenvalue weighted by Gasteiger charge is -2.40. The summed E-state index contributed by atoms with van der Waals surface area (Å²) in [6.07, 6.45) is 10.5. The summed E-state index contributed by atoms with van der Waals surface area (Å²) in [6, 6.07) is 79.8. The van der Waals surface area contributed by atoms with Crippen LogP contribution in [0.15, 0.2) is 255 Å². The SMILES string of the molecule is CC1N(c2ccccc2)C=CN1C(C)(C)C.CC1N(c2ccccc2)c2cc(C(C)(C)C)ccc2N1C(C)(C)C.CC1N(c2ccccc2)c2ccc(C(C)(C)C)cc2N1C(C)(C)C.CC1N(c2ccccc2)c2ccccc2N1C(C)(C)C.CC1N(c2ccccc2)c2ncccc2N1C(C)(C)C.[2H]C([2H])([2H])N1c2nccnc2N(C(C)(C)C)C1C. The van der Waals surface area contributed by atoms with Gasteiger partial charge in [0.25, 0.3) is 0 Å². The van der Waals surface area contributed by atoms with E-state index in [4.69, 9.17) is 4.11 Å². The normalized spacial score (nSPS) is 19.3. The Kier molecular flexibility index (Phi) is 24.6. The van der Waals surface area contributed by atoms with Crippen molar-refractivity contribution in [2.45, 2.75) is 289 Å². The van der Waals surface area contributed by atoms with Gasteiger partial charge in [0.15, 0.2) is 17.5 Å². The molecule has 15 heteroatoms. The molecule has 6 aliphatic rings. The Morgan fingerprint density at radius 3 is 0.975 bits per heavy atom. The van der Waals surface area contributed by atoms with Gasteiger partial charge in [0.2, 0.25) is 0 Å². The third-order valence-corrected chi connectivity index (χ3v) is 23.0. The minimum absolute atomic E-state index is 0.0563. The van der Waals surface area contributed by atoms with Gasteiger partial charge >= 0.3 is 0 Å². The second-order valence-corrected chi connectivity index (χ2v) is 40.3. The van der Waals surface area contributed by atoms with E-state index in [1.165, 1.54) is 90.5 Å². The second-order valence-electron chi connectivity index (χ2n) is 40.3. The maximum Gasteiger partial charge on any atom is 0.174 e. The first-order valence-corrected chi connectivity index (χ1v) is 42.9. The Labute approximate surface area is 721 Å². The molecular weight excluding hydrogens is 1460 g/mol. The number of fused-ring (bicyclic) bond motifs is 5. The highest BCUT2D eigenvalue weighted by atomic mass is 15.5. The van der Waals surface area contributed by atoms with E-state index >= 15 is 0 Å². The lowest BCUT2D eigenvalue weighted by molar-refractivity contribution is 0.171. The Hall–Kier alpha value is -10.7. The number of hydrogen-bond donors (Lipinski definition) is 0. The fraction of sp³-hybridized carbons (Fsp3) is 0.433. The quantitative estimate of drug-likeness (QED) is 0.164. The summed E-state index contributed by atoms with van der Waals surface area (Å²) in [6.45, 7) is 64.8. The predicted molar refractivity (Wildman–Crippen MR) is 513 cm³/mol. The van der Waals surface area contributed by atoms with E-state index in [0.29, 0.717) is 24.0 Å². The Morgan fingerprint density at radius 1 is 0.252 bits per heavy atom. The number of anilines is 15. The van der Waals surface area contributed by atoms with E-state index in [1.54, 1.807) is 6.20 Å². The van der Waals surface area contributed by atoms with Gasteiger partial charge < -0.3 is 58.8 Å². The third kappa shape index (κ3) is 19.2. The highest BCUT2D eigenvalue weighted by Gasteiger charge is 2.45. The molecular formula is C104H141N15. The molecule has 0 fully saturated rings. The van der Waals surface area contributed by atoms with Crippen LogP contribution in [0, 0.1) is 0 Å². The number of hydrogen-bond acceptors (Lipinski definition) is 15.